The molecular weight excluding hydrogens is 373 g/mol. The summed E-state index contributed by atoms with van der Waals surface area (Å²) in [5, 5.41) is 2.85. The summed E-state index contributed by atoms with van der Waals surface area (Å²) in [4.78, 5) is 39.5. The van der Waals surface area contributed by atoms with Crippen molar-refractivity contribution in [3.05, 3.63) is 97.0 Å². The van der Waals surface area contributed by atoms with E-state index in [0.717, 1.165) is 16.8 Å². The number of aryl methyl sites for hydroxylation is 1. The van der Waals surface area contributed by atoms with Gasteiger partial charge in [0.1, 0.15) is 11.4 Å². The predicted octanol–water partition coefficient (Wildman–Crippen LogP) is 2.94. The minimum Gasteiger partial charge on any atom is -0.322 e. The lowest BCUT2D eigenvalue weighted by Gasteiger charge is -2.09. The van der Waals surface area contributed by atoms with Crippen LogP contribution in [0.25, 0.3) is 0 Å². The average Bonchev–Trinajstić information content (AvgIpc) is 2.63. The van der Waals surface area contributed by atoms with Crippen molar-refractivity contribution >= 4 is 23.2 Å². The highest BCUT2D eigenvalue weighted by Crippen LogP contribution is 2.16. The van der Waals surface area contributed by atoms with Crippen LogP contribution in [0.3, 0.4) is 0 Å². The zero-order chi connectivity index (χ0) is 19.6. The van der Waals surface area contributed by atoms with Gasteiger partial charge >= 0.3 is 5.69 Å². The van der Waals surface area contributed by atoms with Gasteiger partial charge in [-0.25, -0.2) is 9.18 Å². The van der Waals surface area contributed by atoms with Crippen molar-refractivity contribution < 1.29 is 9.18 Å². The third kappa shape index (κ3) is 3.98. The summed E-state index contributed by atoms with van der Waals surface area (Å²) in [6, 6.07) is 10.9. The number of halogens is 2. The van der Waals surface area contributed by atoms with Gasteiger partial charge in [-0.2, -0.15) is 0 Å². The third-order valence-electron chi connectivity index (χ3n) is 4.02. The van der Waals surface area contributed by atoms with Crippen molar-refractivity contribution in [1.82, 2.24) is 9.55 Å². The van der Waals surface area contributed by atoms with Gasteiger partial charge in [-0.15, -0.1) is 0 Å². The van der Waals surface area contributed by atoms with Gasteiger partial charge in [-0.05, 0) is 36.2 Å². The number of amides is 1. The van der Waals surface area contributed by atoms with Crippen LogP contribution in [0, 0.1) is 12.7 Å². The first-order valence-corrected chi connectivity index (χ1v) is 8.38. The molecule has 8 heteroatoms. The van der Waals surface area contributed by atoms with Crippen LogP contribution >= 0.6 is 11.6 Å². The number of rotatable bonds is 4. The summed E-state index contributed by atoms with van der Waals surface area (Å²) in [6.45, 7) is 1.50. The number of benzene rings is 2. The zero-order valence-corrected chi connectivity index (χ0v) is 15.0. The summed E-state index contributed by atoms with van der Waals surface area (Å²) >= 11 is 6.07. The number of H-pyrrole nitrogens is 1. The molecule has 0 aliphatic rings. The molecule has 2 aromatic carbocycles. The lowest BCUT2D eigenvalue weighted by molar-refractivity contribution is 0.102. The Bertz CT molecular complexity index is 1140. The van der Waals surface area contributed by atoms with E-state index in [2.05, 4.69) is 10.3 Å². The van der Waals surface area contributed by atoms with Crippen molar-refractivity contribution in [2.45, 2.75) is 13.5 Å². The molecule has 1 amide bonds. The fourth-order valence-electron chi connectivity index (χ4n) is 2.48. The number of anilines is 1. The second-order valence-corrected chi connectivity index (χ2v) is 6.32. The second kappa shape index (κ2) is 7.59. The highest BCUT2D eigenvalue weighted by Gasteiger charge is 2.16. The lowest BCUT2D eigenvalue weighted by atomic mass is 10.2. The summed E-state index contributed by atoms with van der Waals surface area (Å²) in [6.07, 6.45) is 1.04. The number of hydrogen-bond donors (Lipinski definition) is 2. The molecule has 3 rings (SSSR count). The Balaban J connectivity index is 1.93. The first-order chi connectivity index (χ1) is 12.9. The van der Waals surface area contributed by atoms with Crippen LogP contribution in [0.4, 0.5) is 10.1 Å². The summed E-state index contributed by atoms with van der Waals surface area (Å²) < 4.78 is 14.5. The molecule has 2 N–H and O–H groups in total. The van der Waals surface area contributed by atoms with Crippen LogP contribution < -0.4 is 16.6 Å². The highest BCUT2D eigenvalue weighted by molar-refractivity contribution is 6.31. The van der Waals surface area contributed by atoms with Crippen molar-refractivity contribution in [2.75, 3.05) is 5.32 Å². The number of carbonyl (C=O) groups excluding carboxylic acids is 1. The molecule has 0 saturated heterocycles. The van der Waals surface area contributed by atoms with Gasteiger partial charge in [0.2, 0.25) is 0 Å². The minimum absolute atomic E-state index is 0.0892. The normalized spacial score (nSPS) is 10.6. The molecule has 0 aliphatic heterocycles. The van der Waals surface area contributed by atoms with Crippen molar-refractivity contribution in [1.29, 1.82) is 0 Å². The molecule has 0 bridgehead atoms. The minimum atomic E-state index is -0.774. The van der Waals surface area contributed by atoms with Crippen molar-refractivity contribution in [2.24, 2.45) is 0 Å². The fourth-order valence-corrected chi connectivity index (χ4v) is 2.68. The molecule has 0 unspecified atom stereocenters. The Hall–Kier alpha value is -3.19. The van der Waals surface area contributed by atoms with Gasteiger partial charge in [0.15, 0.2) is 0 Å². The molecule has 1 aromatic heterocycles. The molecule has 0 saturated carbocycles. The maximum Gasteiger partial charge on any atom is 0.328 e. The standard InChI is InChI=1S/C19H15ClFN3O3/c1-11-6-7-13(8-16(11)21)23-17(25)14-9-22-19(27)24(18(14)26)10-12-4-2-3-5-15(12)20/h2-9H,10H2,1H3,(H,22,27)(H,23,25). The quantitative estimate of drug-likeness (QED) is 0.722. The van der Waals surface area contributed by atoms with Crippen LogP contribution in [0.15, 0.2) is 58.3 Å². The van der Waals surface area contributed by atoms with E-state index in [-0.39, 0.29) is 17.8 Å². The van der Waals surface area contributed by atoms with Gasteiger partial charge in [0, 0.05) is 16.9 Å². The Morgan fingerprint density at radius 2 is 1.96 bits per heavy atom. The molecular formula is C19H15ClFN3O3. The van der Waals surface area contributed by atoms with E-state index in [4.69, 9.17) is 11.6 Å². The number of aromatic nitrogens is 2. The van der Waals surface area contributed by atoms with Crippen LogP contribution in [0.2, 0.25) is 5.02 Å². The third-order valence-corrected chi connectivity index (χ3v) is 4.39. The van der Waals surface area contributed by atoms with Crippen molar-refractivity contribution in [3.63, 3.8) is 0 Å². The Labute approximate surface area is 158 Å². The van der Waals surface area contributed by atoms with Crippen LogP contribution in [-0.2, 0) is 6.54 Å². The Morgan fingerprint density at radius 3 is 2.67 bits per heavy atom. The van der Waals surface area contributed by atoms with E-state index < -0.39 is 23.0 Å². The number of aromatic amines is 1. The smallest absolute Gasteiger partial charge is 0.322 e. The molecule has 0 atom stereocenters. The van der Waals surface area contributed by atoms with E-state index in [0.29, 0.717) is 16.1 Å². The van der Waals surface area contributed by atoms with Crippen LogP contribution in [-0.4, -0.2) is 15.5 Å². The SMILES string of the molecule is Cc1ccc(NC(=O)c2c[nH]c(=O)n(Cc3ccccc3Cl)c2=O)cc1F. The van der Waals surface area contributed by atoms with Crippen LogP contribution in [0.5, 0.6) is 0 Å². The van der Waals surface area contributed by atoms with Crippen LogP contribution in [0.1, 0.15) is 21.5 Å². The molecule has 0 radical (unpaired) electrons. The number of nitrogens with one attached hydrogen (secondary N) is 2. The summed E-state index contributed by atoms with van der Waals surface area (Å²) in [5.74, 6) is -1.24. The largest absolute Gasteiger partial charge is 0.328 e. The predicted molar refractivity (Wildman–Crippen MR) is 101 cm³/mol. The number of nitrogens with zero attached hydrogens (tertiary/aromatic N) is 1. The molecule has 0 aliphatic carbocycles. The van der Waals surface area contributed by atoms with Gasteiger partial charge in [0.05, 0.1) is 6.54 Å². The van der Waals surface area contributed by atoms with E-state index in [1.54, 1.807) is 31.2 Å². The van der Waals surface area contributed by atoms with E-state index >= 15 is 0 Å². The van der Waals surface area contributed by atoms with Gasteiger partial charge in [-0.1, -0.05) is 35.9 Å². The molecule has 27 heavy (non-hydrogen) atoms. The fraction of sp³-hybridized carbons (Fsp3) is 0.105. The highest BCUT2D eigenvalue weighted by atomic mass is 35.5. The van der Waals surface area contributed by atoms with Gasteiger partial charge in [0.25, 0.3) is 11.5 Å². The molecule has 0 fully saturated rings. The zero-order valence-electron chi connectivity index (χ0n) is 14.3. The van der Waals surface area contributed by atoms with Crippen molar-refractivity contribution in [3.8, 4) is 0 Å². The number of hydrogen-bond acceptors (Lipinski definition) is 3. The van der Waals surface area contributed by atoms with E-state index in [1.165, 1.54) is 12.1 Å². The molecule has 6 nitrogen and oxygen atoms in total. The molecule has 3 aromatic rings. The van der Waals surface area contributed by atoms with Gasteiger partial charge < -0.3 is 10.3 Å². The molecule has 0 spiro atoms. The van der Waals surface area contributed by atoms with E-state index in [9.17, 15) is 18.8 Å². The molecule has 1 heterocycles. The maximum atomic E-state index is 13.6. The van der Waals surface area contributed by atoms with E-state index in [1.807, 2.05) is 0 Å². The Kier molecular flexibility index (Phi) is 5.23. The first-order valence-electron chi connectivity index (χ1n) is 8.00. The monoisotopic (exact) mass is 387 g/mol. The average molecular weight is 388 g/mol. The lowest BCUT2D eigenvalue weighted by Crippen LogP contribution is -2.39. The molecule has 138 valence electrons. The number of carbonyl (C=O) groups is 1. The summed E-state index contributed by atoms with van der Waals surface area (Å²) in [7, 11) is 0. The maximum absolute atomic E-state index is 13.6. The topological polar surface area (TPSA) is 84.0 Å². The second-order valence-electron chi connectivity index (χ2n) is 5.91. The van der Waals surface area contributed by atoms with Gasteiger partial charge in [-0.3, -0.25) is 14.2 Å². The summed E-state index contributed by atoms with van der Waals surface area (Å²) in [5.41, 5.74) is -0.528. The first kappa shape index (κ1) is 18.6. The Morgan fingerprint density at radius 1 is 1.22 bits per heavy atom.